The van der Waals surface area contributed by atoms with Gasteiger partial charge in [0.15, 0.2) is 0 Å². The van der Waals surface area contributed by atoms with Crippen LogP contribution in [0.1, 0.15) is 31.4 Å². The van der Waals surface area contributed by atoms with Gasteiger partial charge in [0.05, 0.1) is 6.04 Å². The molecule has 1 aromatic rings. The fraction of sp³-hybridized carbons (Fsp3) is 0.462. The second kappa shape index (κ2) is 7.01. The zero-order valence-corrected chi connectivity index (χ0v) is 10.3. The Bertz CT molecular complexity index is 351. The van der Waals surface area contributed by atoms with Crippen LogP contribution in [0.2, 0.25) is 0 Å². The molecule has 0 aliphatic rings. The summed E-state index contributed by atoms with van der Waals surface area (Å²) in [5.41, 5.74) is 0.911. The van der Waals surface area contributed by atoms with Crippen molar-refractivity contribution in [3.63, 3.8) is 0 Å². The van der Waals surface area contributed by atoms with Gasteiger partial charge in [0.2, 0.25) is 5.91 Å². The third-order valence-electron chi connectivity index (χ3n) is 2.58. The average Bonchev–Trinajstić information content (AvgIpc) is 2.30. The molecule has 0 aliphatic heterocycles. The van der Waals surface area contributed by atoms with E-state index in [1.165, 1.54) is 12.1 Å². The molecule has 94 valence electrons. The van der Waals surface area contributed by atoms with Crippen LogP contribution >= 0.6 is 0 Å². The zero-order valence-electron chi connectivity index (χ0n) is 10.3. The van der Waals surface area contributed by atoms with Crippen LogP contribution in [0.5, 0.6) is 0 Å². The van der Waals surface area contributed by atoms with E-state index in [0.29, 0.717) is 6.42 Å². The number of carbonyl (C=O) groups excluding carboxylic acids is 1. The molecule has 0 bridgehead atoms. The lowest BCUT2D eigenvalue weighted by Gasteiger charge is -2.14. The first kappa shape index (κ1) is 13.6. The Morgan fingerprint density at radius 1 is 1.35 bits per heavy atom. The summed E-state index contributed by atoms with van der Waals surface area (Å²) in [5, 5.41) is 5.88. The fourth-order valence-corrected chi connectivity index (χ4v) is 1.57. The SMILES string of the molecule is CNCCCC(=O)N[C@@H](C)c1ccc(F)cc1. The van der Waals surface area contributed by atoms with Gasteiger partial charge in [0, 0.05) is 6.42 Å². The van der Waals surface area contributed by atoms with Crippen molar-refractivity contribution in [1.82, 2.24) is 10.6 Å². The van der Waals surface area contributed by atoms with Crippen molar-refractivity contribution in [2.45, 2.75) is 25.8 Å². The molecule has 0 fully saturated rings. The van der Waals surface area contributed by atoms with Crippen molar-refractivity contribution in [2.24, 2.45) is 0 Å². The molecule has 4 heteroatoms. The van der Waals surface area contributed by atoms with Gasteiger partial charge in [-0.25, -0.2) is 4.39 Å². The summed E-state index contributed by atoms with van der Waals surface area (Å²) in [5.74, 6) is -0.238. The molecule has 0 unspecified atom stereocenters. The van der Waals surface area contributed by atoms with Crippen molar-refractivity contribution in [3.05, 3.63) is 35.6 Å². The fourth-order valence-electron chi connectivity index (χ4n) is 1.57. The standard InChI is InChI=1S/C13H19FN2O/c1-10(11-5-7-12(14)8-6-11)16-13(17)4-3-9-15-2/h5-8,10,15H,3-4,9H2,1-2H3,(H,16,17)/t10-/m0/s1. The van der Waals surface area contributed by atoms with E-state index in [-0.39, 0.29) is 17.8 Å². The lowest BCUT2D eigenvalue weighted by atomic mass is 10.1. The maximum absolute atomic E-state index is 12.7. The number of benzene rings is 1. The van der Waals surface area contributed by atoms with Crippen LogP contribution in [-0.2, 0) is 4.79 Å². The van der Waals surface area contributed by atoms with E-state index in [1.807, 2.05) is 14.0 Å². The Morgan fingerprint density at radius 3 is 2.59 bits per heavy atom. The maximum Gasteiger partial charge on any atom is 0.220 e. The van der Waals surface area contributed by atoms with Gasteiger partial charge in [0.25, 0.3) is 0 Å². The minimum Gasteiger partial charge on any atom is -0.350 e. The summed E-state index contributed by atoms with van der Waals surface area (Å²) in [7, 11) is 1.86. The van der Waals surface area contributed by atoms with Gasteiger partial charge in [-0.2, -0.15) is 0 Å². The van der Waals surface area contributed by atoms with Crippen LogP contribution in [-0.4, -0.2) is 19.5 Å². The Hall–Kier alpha value is -1.42. The molecular weight excluding hydrogens is 219 g/mol. The molecule has 2 N–H and O–H groups in total. The molecule has 1 amide bonds. The quantitative estimate of drug-likeness (QED) is 0.744. The first-order chi connectivity index (χ1) is 8.13. The summed E-state index contributed by atoms with van der Waals surface area (Å²) in [6.07, 6.45) is 1.32. The van der Waals surface area contributed by atoms with E-state index >= 15 is 0 Å². The zero-order chi connectivity index (χ0) is 12.7. The van der Waals surface area contributed by atoms with Gasteiger partial charge in [-0.3, -0.25) is 4.79 Å². The lowest BCUT2D eigenvalue weighted by Crippen LogP contribution is -2.27. The first-order valence-electron chi connectivity index (χ1n) is 5.83. The molecule has 0 heterocycles. The number of hydrogen-bond donors (Lipinski definition) is 2. The number of carbonyl (C=O) groups is 1. The van der Waals surface area contributed by atoms with Gasteiger partial charge in [-0.1, -0.05) is 12.1 Å². The predicted molar refractivity (Wildman–Crippen MR) is 66.1 cm³/mol. The van der Waals surface area contributed by atoms with Crippen molar-refractivity contribution in [3.8, 4) is 0 Å². The van der Waals surface area contributed by atoms with Crippen LogP contribution in [0.15, 0.2) is 24.3 Å². The molecule has 17 heavy (non-hydrogen) atoms. The minimum atomic E-state index is -0.263. The predicted octanol–water partition coefficient (Wildman–Crippen LogP) is 2.00. The molecule has 0 spiro atoms. The molecule has 0 saturated carbocycles. The van der Waals surface area contributed by atoms with E-state index in [4.69, 9.17) is 0 Å². The molecule has 0 saturated heterocycles. The molecule has 1 aromatic carbocycles. The summed E-state index contributed by atoms with van der Waals surface area (Å²) in [6.45, 7) is 2.72. The molecular formula is C13H19FN2O. The summed E-state index contributed by atoms with van der Waals surface area (Å²) >= 11 is 0. The minimum absolute atomic E-state index is 0.0251. The maximum atomic E-state index is 12.7. The van der Waals surface area contributed by atoms with E-state index in [9.17, 15) is 9.18 Å². The smallest absolute Gasteiger partial charge is 0.220 e. The number of halogens is 1. The van der Waals surface area contributed by atoms with E-state index in [0.717, 1.165) is 18.5 Å². The van der Waals surface area contributed by atoms with E-state index in [2.05, 4.69) is 10.6 Å². The van der Waals surface area contributed by atoms with Crippen molar-refractivity contribution in [2.75, 3.05) is 13.6 Å². The van der Waals surface area contributed by atoms with Gasteiger partial charge in [-0.05, 0) is 44.6 Å². The Morgan fingerprint density at radius 2 is 2.00 bits per heavy atom. The Kier molecular flexibility index (Phi) is 5.63. The number of rotatable bonds is 6. The third-order valence-corrected chi connectivity index (χ3v) is 2.58. The van der Waals surface area contributed by atoms with Crippen LogP contribution in [0.3, 0.4) is 0 Å². The topological polar surface area (TPSA) is 41.1 Å². The molecule has 3 nitrogen and oxygen atoms in total. The summed E-state index contributed by atoms with van der Waals surface area (Å²) in [6, 6.07) is 6.09. The second-order valence-corrected chi connectivity index (χ2v) is 4.05. The highest BCUT2D eigenvalue weighted by Crippen LogP contribution is 2.12. The van der Waals surface area contributed by atoms with E-state index in [1.54, 1.807) is 12.1 Å². The molecule has 1 rings (SSSR count). The molecule has 0 radical (unpaired) electrons. The largest absolute Gasteiger partial charge is 0.350 e. The van der Waals surface area contributed by atoms with Crippen molar-refractivity contribution in [1.29, 1.82) is 0 Å². The first-order valence-corrected chi connectivity index (χ1v) is 5.83. The van der Waals surface area contributed by atoms with Crippen LogP contribution in [0.25, 0.3) is 0 Å². The Labute approximate surface area is 101 Å². The third kappa shape index (κ3) is 4.95. The van der Waals surface area contributed by atoms with E-state index < -0.39 is 0 Å². The number of nitrogens with one attached hydrogen (secondary N) is 2. The average molecular weight is 238 g/mol. The van der Waals surface area contributed by atoms with Gasteiger partial charge >= 0.3 is 0 Å². The number of hydrogen-bond acceptors (Lipinski definition) is 2. The molecule has 1 atom stereocenters. The lowest BCUT2D eigenvalue weighted by molar-refractivity contribution is -0.121. The molecule has 0 aliphatic carbocycles. The monoisotopic (exact) mass is 238 g/mol. The van der Waals surface area contributed by atoms with Gasteiger partial charge < -0.3 is 10.6 Å². The highest BCUT2D eigenvalue weighted by Gasteiger charge is 2.08. The van der Waals surface area contributed by atoms with Crippen LogP contribution in [0.4, 0.5) is 4.39 Å². The van der Waals surface area contributed by atoms with Crippen molar-refractivity contribution < 1.29 is 9.18 Å². The molecule has 0 aromatic heterocycles. The summed E-state index contributed by atoms with van der Waals surface area (Å²) in [4.78, 5) is 11.6. The van der Waals surface area contributed by atoms with Gasteiger partial charge in [0.1, 0.15) is 5.82 Å². The van der Waals surface area contributed by atoms with Crippen LogP contribution < -0.4 is 10.6 Å². The second-order valence-electron chi connectivity index (χ2n) is 4.05. The normalized spacial score (nSPS) is 12.2. The highest BCUT2D eigenvalue weighted by molar-refractivity contribution is 5.76. The summed E-state index contributed by atoms with van der Waals surface area (Å²) < 4.78 is 12.7. The van der Waals surface area contributed by atoms with Crippen LogP contribution in [0, 0.1) is 5.82 Å². The highest BCUT2D eigenvalue weighted by atomic mass is 19.1. The van der Waals surface area contributed by atoms with Crippen molar-refractivity contribution >= 4 is 5.91 Å². The Balaban J connectivity index is 2.40. The van der Waals surface area contributed by atoms with Gasteiger partial charge in [-0.15, -0.1) is 0 Å². The number of amides is 1.